The molecule has 0 saturated carbocycles. The second-order valence-electron chi connectivity index (χ2n) is 6.27. The number of aromatic nitrogens is 1. The fourth-order valence-electron chi connectivity index (χ4n) is 2.17. The number of aryl methyl sites for hydroxylation is 1. The van der Waals surface area contributed by atoms with Crippen LogP contribution in [0, 0.1) is 18.8 Å². The van der Waals surface area contributed by atoms with Gasteiger partial charge in [-0.25, -0.2) is 4.98 Å². The standard InChI is InChI=1S/C16H29N3/c1-12(2)9-17-10-15-7-14(5)18-16(8-15)19(6)11-13(3)4/h7-8,12-13,17H,9-11H2,1-6H3. The van der Waals surface area contributed by atoms with Crippen molar-refractivity contribution in [1.82, 2.24) is 10.3 Å². The first-order chi connectivity index (χ1) is 8.88. The predicted octanol–water partition coefficient (Wildman–Crippen LogP) is 3.23. The van der Waals surface area contributed by atoms with E-state index in [1.165, 1.54) is 5.56 Å². The summed E-state index contributed by atoms with van der Waals surface area (Å²) in [6.45, 7) is 14.0. The van der Waals surface area contributed by atoms with Gasteiger partial charge in [0.15, 0.2) is 0 Å². The molecule has 0 aliphatic heterocycles. The Balaban J connectivity index is 2.70. The molecule has 1 heterocycles. The van der Waals surface area contributed by atoms with Crippen molar-refractivity contribution in [2.45, 2.75) is 41.2 Å². The fraction of sp³-hybridized carbons (Fsp3) is 0.688. The lowest BCUT2D eigenvalue weighted by Gasteiger charge is -2.21. The molecular formula is C16H29N3. The van der Waals surface area contributed by atoms with Gasteiger partial charge in [-0.05, 0) is 43.0 Å². The molecule has 0 saturated heterocycles. The summed E-state index contributed by atoms with van der Waals surface area (Å²) in [6.07, 6.45) is 0. The average Bonchev–Trinajstić information content (AvgIpc) is 2.26. The number of nitrogens with one attached hydrogen (secondary N) is 1. The Kier molecular flexibility index (Phi) is 6.29. The lowest BCUT2D eigenvalue weighted by Crippen LogP contribution is -2.24. The molecule has 0 spiro atoms. The molecule has 0 aliphatic rings. The topological polar surface area (TPSA) is 28.2 Å². The summed E-state index contributed by atoms with van der Waals surface area (Å²) in [5.41, 5.74) is 2.41. The van der Waals surface area contributed by atoms with E-state index in [9.17, 15) is 0 Å². The molecule has 1 aromatic rings. The Morgan fingerprint density at radius 2 is 1.84 bits per heavy atom. The highest BCUT2D eigenvalue weighted by molar-refractivity contribution is 5.41. The highest BCUT2D eigenvalue weighted by Crippen LogP contribution is 2.15. The van der Waals surface area contributed by atoms with Gasteiger partial charge in [0.25, 0.3) is 0 Å². The molecule has 0 aliphatic carbocycles. The first kappa shape index (κ1) is 16.0. The number of hydrogen-bond acceptors (Lipinski definition) is 3. The number of nitrogens with zero attached hydrogens (tertiary/aromatic N) is 2. The van der Waals surface area contributed by atoms with Crippen molar-refractivity contribution in [2.75, 3.05) is 25.0 Å². The maximum Gasteiger partial charge on any atom is 0.128 e. The van der Waals surface area contributed by atoms with Crippen molar-refractivity contribution in [3.63, 3.8) is 0 Å². The molecule has 0 unspecified atom stereocenters. The highest BCUT2D eigenvalue weighted by atomic mass is 15.2. The van der Waals surface area contributed by atoms with Gasteiger partial charge in [0, 0.05) is 25.8 Å². The summed E-state index contributed by atoms with van der Waals surface area (Å²) in [6, 6.07) is 4.36. The molecule has 0 radical (unpaired) electrons. The fourth-order valence-corrected chi connectivity index (χ4v) is 2.17. The molecule has 3 nitrogen and oxygen atoms in total. The highest BCUT2D eigenvalue weighted by Gasteiger charge is 2.07. The van der Waals surface area contributed by atoms with Crippen LogP contribution in [0.25, 0.3) is 0 Å². The second kappa shape index (κ2) is 7.49. The molecule has 19 heavy (non-hydrogen) atoms. The first-order valence-corrected chi connectivity index (χ1v) is 7.28. The number of anilines is 1. The molecule has 1 aromatic heterocycles. The van der Waals surface area contributed by atoms with E-state index in [0.717, 1.165) is 31.1 Å². The van der Waals surface area contributed by atoms with Gasteiger partial charge in [0.1, 0.15) is 5.82 Å². The lowest BCUT2D eigenvalue weighted by atomic mass is 10.1. The number of rotatable bonds is 7. The van der Waals surface area contributed by atoms with Gasteiger partial charge in [0.2, 0.25) is 0 Å². The minimum absolute atomic E-state index is 0.648. The summed E-state index contributed by atoms with van der Waals surface area (Å²) < 4.78 is 0. The quantitative estimate of drug-likeness (QED) is 0.818. The van der Waals surface area contributed by atoms with Crippen molar-refractivity contribution in [3.8, 4) is 0 Å². The van der Waals surface area contributed by atoms with E-state index in [4.69, 9.17) is 0 Å². The summed E-state index contributed by atoms with van der Waals surface area (Å²) in [4.78, 5) is 6.87. The van der Waals surface area contributed by atoms with Crippen LogP contribution in [0.1, 0.15) is 39.0 Å². The van der Waals surface area contributed by atoms with Gasteiger partial charge in [-0.3, -0.25) is 0 Å². The maximum absolute atomic E-state index is 4.63. The SMILES string of the molecule is Cc1cc(CNCC(C)C)cc(N(C)CC(C)C)n1. The Morgan fingerprint density at radius 3 is 2.42 bits per heavy atom. The molecule has 108 valence electrons. The third-order valence-electron chi connectivity index (χ3n) is 2.91. The molecule has 0 atom stereocenters. The monoisotopic (exact) mass is 263 g/mol. The van der Waals surface area contributed by atoms with Gasteiger partial charge < -0.3 is 10.2 Å². The molecule has 0 fully saturated rings. The summed E-state index contributed by atoms with van der Waals surface area (Å²) in [5, 5.41) is 3.49. The van der Waals surface area contributed by atoms with E-state index in [-0.39, 0.29) is 0 Å². The van der Waals surface area contributed by atoms with Gasteiger partial charge in [-0.15, -0.1) is 0 Å². The number of pyridine rings is 1. The van der Waals surface area contributed by atoms with Crippen molar-refractivity contribution < 1.29 is 0 Å². The van der Waals surface area contributed by atoms with Crippen LogP contribution in [0.4, 0.5) is 5.82 Å². The zero-order valence-electron chi connectivity index (χ0n) is 13.3. The summed E-state index contributed by atoms with van der Waals surface area (Å²) >= 11 is 0. The molecule has 1 rings (SSSR count). The lowest BCUT2D eigenvalue weighted by molar-refractivity contribution is 0.552. The van der Waals surface area contributed by atoms with Crippen molar-refractivity contribution in [2.24, 2.45) is 11.8 Å². The molecule has 1 N–H and O–H groups in total. The molecule has 3 heteroatoms. The third kappa shape index (κ3) is 6.06. The van der Waals surface area contributed by atoms with E-state index in [1.807, 2.05) is 0 Å². The van der Waals surface area contributed by atoms with Crippen LogP contribution in [0.3, 0.4) is 0 Å². The normalized spacial score (nSPS) is 11.4. The van der Waals surface area contributed by atoms with E-state index < -0.39 is 0 Å². The van der Waals surface area contributed by atoms with Crippen LogP contribution < -0.4 is 10.2 Å². The molecule has 0 aromatic carbocycles. The average molecular weight is 263 g/mol. The Hall–Kier alpha value is -1.09. The van der Waals surface area contributed by atoms with Crippen molar-refractivity contribution >= 4 is 5.82 Å². The third-order valence-corrected chi connectivity index (χ3v) is 2.91. The Morgan fingerprint density at radius 1 is 1.16 bits per heavy atom. The number of hydrogen-bond donors (Lipinski definition) is 1. The van der Waals surface area contributed by atoms with Crippen molar-refractivity contribution in [1.29, 1.82) is 0 Å². The largest absolute Gasteiger partial charge is 0.359 e. The molecule has 0 bridgehead atoms. The van der Waals surface area contributed by atoms with Gasteiger partial charge in [-0.2, -0.15) is 0 Å². The summed E-state index contributed by atoms with van der Waals surface area (Å²) in [7, 11) is 2.12. The van der Waals surface area contributed by atoms with Gasteiger partial charge >= 0.3 is 0 Å². The zero-order chi connectivity index (χ0) is 14.4. The minimum Gasteiger partial charge on any atom is -0.359 e. The zero-order valence-corrected chi connectivity index (χ0v) is 13.3. The summed E-state index contributed by atoms with van der Waals surface area (Å²) in [5.74, 6) is 2.41. The maximum atomic E-state index is 4.63. The Labute approximate surface area is 118 Å². The smallest absolute Gasteiger partial charge is 0.128 e. The van der Waals surface area contributed by atoms with Gasteiger partial charge in [-0.1, -0.05) is 27.7 Å². The minimum atomic E-state index is 0.648. The van der Waals surface area contributed by atoms with E-state index in [0.29, 0.717) is 11.8 Å². The van der Waals surface area contributed by atoms with E-state index in [1.54, 1.807) is 0 Å². The van der Waals surface area contributed by atoms with Crippen LogP contribution >= 0.6 is 0 Å². The first-order valence-electron chi connectivity index (χ1n) is 7.28. The predicted molar refractivity (Wildman–Crippen MR) is 83.6 cm³/mol. The molecule has 0 amide bonds. The van der Waals surface area contributed by atoms with Crippen LogP contribution in [0.2, 0.25) is 0 Å². The van der Waals surface area contributed by atoms with E-state index in [2.05, 4.69) is 69.0 Å². The van der Waals surface area contributed by atoms with Gasteiger partial charge in [0.05, 0.1) is 0 Å². The molecular weight excluding hydrogens is 234 g/mol. The van der Waals surface area contributed by atoms with Crippen LogP contribution in [0.15, 0.2) is 12.1 Å². The second-order valence-corrected chi connectivity index (χ2v) is 6.27. The van der Waals surface area contributed by atoms with Crippen LogP contribution in [-0.2, 0) is 6.54 Å². The van der Waals surface area contributed by atoms with Crippen molar-refractivity contribution in [3.05, 3.63) is 23.4 Å². The van der Waals surface area contributed by atoms with Crippen LogP contribution in [-0.4, -0.2) is 25.1 Å². The van der Waals surface area contributed by atoms with Crippen LogP contribution in [0.5, 0.6) is 0 Å². The van der Waals surface area contributed by atoms with E-state index >= 15 is 0 Å². The Bertz CT molecular complexity index is 386.